The van der Waals surface area contributed by atoms with Crippen LogP contribution in [0.2, 0.25) is 0 Å². The molecule has 2 fully saturated rings. The van der Waals surface area contributed by atoms with E-state index in [9.17, 15) is 8.42 Å². The monoisotopic (exact) mass is 475 g/mol. The number of aromatic nitrogens is 4. The Morgan fingerprint density at radius 3 is 2.44 bits per heavy atom. The maximum absolute atomic E-state index is 11.8. The Labute approximate surface area is 190 Å². The lowest BCUT2D eigenvalue weighted by Crippen LogP contribution is -2.47. The van der Waals surface area contributed by atoms with Gasteiger partial charge in [0.05, 0.1) is 30.4 Å². The van der Waals surface area contributed by atoms with Crippen molar-refractivity contribution in [2.75, 3.05) is 63.6 Å². The lowest BCUT2D eigenvalue weighted by atomic mass is 10.2. The minimum absolute atomic E-state index is 0.528. The highest BCUT2D eigenvalue weighted by molar-refractivity contribution is 7.88. The molecule has 10 nitrogen and oxygen atoms in total. The number of piperazine rings is 1. The molecule has 5 rings (SSSR count). The van der Waals surface area contributed by atoms with Crippen molar-refractivity contribution in [3.8, 4) is 11.4 Å². The SMILES string of the molecule is CS(=O)(=O)N1CCN(Cc2cc3c(N4CCOCC4)nc(-c4cncnc4)nc3s2)CC1. The third-order valence-electron chi connectivity index (χ3n) is 5.73. The van der Waals surface area contributed by atoms with E-state index in [1.807, 2.05) is 0 Å². The second-order valence-corrected chi connectivity index (χ2v) is 11.1. The molecule has 0 aromatic carbocycles. The molecular weight excluding hydrogens is 450 g/mol. The van der Waals surface area contributed by atoms with Gasteiger partial charge in [-0.3, -0.25) is 4.90 Å². The zero-order chi connectivity index (χ0) is 22.1. The second kappa shape index (κ2) is 8.94. The molecule has 0 atom stereocenters. The molecule has 170 valence electrons. The Balaban J connectivity index is 1.44. The van der Waals surface area contributed by atoms with E-state index in [4.69, 9.17) is 14.7 Å². The molecule has 3 aromatic rings. The summed E-state index contributed by atoms with van der Waals surface area (Å²) in [6.07, 6.45) is 6.23. The average molecular weight is 476 g/mol. The summed E-state index contributed by atoms with van der Waals surface area (Å²) >= 11 is 1.66. The molecule has 32 heavy (non-hydrogen) atoms. The number of hydrogen-bond donors (Lipinski definition) is 0. The molecule has 12 heteroatoms. The zero-order valence-electron chi connectivity index (χ0n) is 17.8. The standard InChI is InChI=1S/C20H25N7O3S2/c1-32(28,29)27-4-2-25(3-5-27)13-16-10-17-19(26-6-8-30-9-7-26)23-18(24-20(17)31-16)15-11-21-14-22-12-15/h10-12,14H,2-9,13H2,1H3. The van der Waals surface area contributed by atoms with Crippen molar-refractivity contribution in [1.29, 1.82) is 0 Å². The Morgan fingerprint density at radius 1 is 1.03 bits per heavy atom. The van der Waals surface area contributed by atoms with Gasteiger partial charge in [-0.05, 0) is 6.07 Å². The Bertz CT molecular complexity index is 1190. The van der Waals surface area contributed by atoms with Gasteiger partial charge in [-0.25, -0.2) is 28.4 Å². The van der Waals surface area contributed by atoms with Crippen LogP contribution in [-0.2, 0) is 21.3 Å². The summed E-state index contributed by atoms with van der Waals surface area (Å²) < 4.78 is 30.6. The molecule has 0 saturated carbocycles. The van der Waals surface area contributed by atoms with Crippen molar-refractivity contribution in [1.82, 2.24) is 29.1 Å². The van der Waals surface area contributed by atoms with Gasteiger partial charge in [0.25, 0.3) is 0 Å². The summed E-state index contributed by atoms with van der Waals surface area (Å²) in [5.41, 5.74) is 0.788. The van der Waals surface area contributed by atoms with E-state index in [0.717, 1.165) is 54.3 Å². The summed E-state index contributed by atoms with van der Waals surface area (Å²) in [4.78, 5) is 24.6. The van der Waals surface area contributed by atoms with Gasteiger partial charge in [0.1, 0.15) is 17.0 Å². The average Bonchev–Trinajstić information content (AvgIpc) is 3.21. The lowest BCUT2D eigenvalue weighted by Gasteiger charge is -2.32. The molecule has 0 bridgehead atoms. The van der Waals surface area contributed by atoms with Crippen molar-refractivity contribution in [2.24, 2.45) is 0 Å². The van der Waals surface area contributed by atoms with E-state index in [1.54, 1.807) is 28.0 Å². The highest BCUT2D eigenvalue weighted by Gasteiger charge is 2.25. The minimum Gasteiger partial charge on any atom is -0.378 e. The lowest BCUT2D eigenvalue weighted by molar-refractivity contribution is 0.122. The number of hydrogen-bond acceptors (Lipinski definition) is 10. The van der Waals surface area contributed by atoms with E-state index in [-0.39, 0.29) is 0 Å². The predicted molar refractivity (Wildman–Crippen MR) is 123 cm³/mol. The van der Waals surface area contributed by atoms with E-state index in [0.29, 0.717) is 32.1 Å². The Morgan fingerprint density at radius 2 is 1.75 bits per heavy atom. The number of fused-ring (bicyclic) bond motifs is 1. The van der Waals surface area contributed by atoms with Crippen LogP contribution in [0.4, 0.5) is 5.82 Å². The first-order valence-electron chi connectivity index (χ1n) is 10.5. The van der Waals surface area contributed by atoms with E-state index < -0.39 is 10.0 Å². The summed E-state index contributed by atoms with van der Waals surface area (Å²) in [6, 6.07) is 2.18. The number of thiophene rings is 1. The van der Waals surface area contributed by atoms with Crippen molar-refractivity contribution in [3.05, 3.63) is 29.7 Å². The van der Waals surface area contributed by atoms with Crippen LogP contribution in [0.5, 0.6) is 0 Å². The van der Waals surface area contributed by atoms with Gasteiger partial charge in [-0.1, -0.05) is 0 Å². The van der Waals surface area contributed by atoms with Crippen LogP contribution in [0.1, 0.15) is 4.88 Å². The first-order chi connectivity index (χ1) is 15.5. The van der Waals surface area contributed by atoms with Crippen LogP contribution in [0.15, 0.2) is 24.8 Å². The van der Waals surface area contributed by atoms with Gasteiger partial charge in [-0.2, -0.15) is 4.31 Å². The first kappa shape index (κ1) is 21.6. The van der Waals surface area contributed by atoms with Gasteiger partial charge >= 0.3 is 0 Å². The first-order valence-corrected chi connectivity index (χ1v) is 13.2. The quantitative estimate of drug-likeness (QED) is 0.536. The topological polar surface area (TPSA) is 105 Å². The normalized spacial score (nSPS) is 19.0. The fourth-order valence-electron chi connectivity index (χ4n) is 4.03. The second-order valence-electron chi connectivity index (χ2n) is 7.97. The van der Waals surface area contributed by atoms with Gasteiger partial charge < -0.3 is 9.64 Å². The van der Waals surface area contributed by atoms with E-state index >= 15 is 0 Å². The van der Waals surface area contributed by atoms with Gasteiger partial charge in [0.2, 0.25) is 10.0 Å². The van der Waals surface area contributed by atoms with Crippen molar-refractivity contribution in [2.45, 2.75) is 6.54 Å². The molecule has 3 aromatic heterocycles. The number of morpholine rings is 1. The molecule has 0 amide bonds. The van der Waals surface area contributed by atoms with Crippen LogP contribution in [0.3, 0.4) is 0 Å². The molecule has 0 aliphatic carbocycles. The van der Waals surface area contributed by atoms with Gasteiger partial charge in [0.15, 0.2) is 5.82 Å². The fraction of sp³-hybridized carbons (Fsp3) is 0.500. The zero-order valence-corrected chi connectivity index (χ0v) is 19.5. The van der Waals surface area contributed by atoms with Crippen molar-refractivity contribution in [3.63, 3.8) is 0 Å². The molecule has 2 aliphatic heterocycles. The van der Waals surface area contributed by atoms with E-state index in [1.165, 1.54) is 17.5 Å². The summed E-state index contributed by atoms with van der Waals surface area (Å²) in [7, 11) is -3.13. The third-order valence-corrected chi connectivity index (χ3v) is 8.05. The molecular formula is C20H25N7O3S2. The molecule has 2 saturated heterocycles. The maximum atomic E-state index is 11.8. The molecule has 5 heterocycles. The Kier molecular flexibility index (Phi) is 6.03. The van der Waals surface area contributed by atoms with Crippen molar-refractivity contribution < 1.29 is 13.2 Å². The molecule has 2 aliphatic rings. The van der Waals surface area contributed by atoms with Crippen molar-refractivity contribution >= 4 is 37.4 Å². The van der Waals surface area contributed by atoms with E-state index in [2.05, 4.69) is 25.8 Å². The fourth-order valence-corrected chi connectivity index (χ4v) is 5.92. The largest absolute Gasteiger partial charge is 0.378 e. The highest BCUT2D eigenvalue weighted by atomic mass is 32.2. The third kappa shape index (κ3) is 4.59. The van der Waals surface area contributed by atoms with Gasteiger partial charge in [-0.15, -0.1) is 11.3 Å². The number of nitrogens with zero attached hydrogens (tertiary/aromatic N) is 7. The molecule has 0 N–H and O–H groups in total. The molecule has 0 spiro atoms. The van der Waals surface area contributed by atoms with Crippen LogP contribution in [-0.4, -0.2) is 96.3 Å². The number of ether oxygens (including phenoxy) is 1. The summed E-state index contributed by atoms with van der Waals surface area (Å²) in [6.45, 7) is 6.19. The molecule has 0 unspecified atom stereocenters. The smallest absolute Gasteiger partial charge is 0.211 e. The maximum Gasteiger partial charge on any atom is 0.211 e. The number of anilines is 1. The number of rotatable bonds is 5. The van der Waals surface area contributed by atoms with Crippen LogP contribution >= 0.6 is 11.3 Å². The minimum atomic E-state index is -3.13. The summed E-state index contributed by atoms with van der Waals surface area (Å²) in [5, 5.41) is 1.04. The predicted octanol–water partition coefficient (Wildman–Crippen LogP) is 1.06. The van der Waals surface area contributed by atoms with Crippen LogP contribution < -0.4 is 4.90 Å². The number of sulfonamides is 1. The highest BCUT2D eigenvalue weighted by Crippen LogP contribution is 2.34. The summed E-state index contributed by atoms with van der Waals surface area (Å²) in [5.74, 6) is 1.54. The Hall–Kier alpha value is -2.25. The van der Waals surface area contributed by atoms with Gasteiger partial charge in [0, 0.05) is 63.1 Å². The molecule has 0 radical (unpaired) electrons. The van der Waals surface area contributed by atoms with Crippen LogP contribution in [0, 0.1) is 0 Å². The van der Waals surface area contributed by atoms with Crippen LogP contribution in [0.25, 0.3) is 21.6 Å².